The summed E-state index contributed by atoms with van der Waals surface area (Å²) in [6.45, 7) is 1.93. The van der Waals surface area contributed by atoms with E-state index in [0.29, 0.717) is 18.4 Å². The fourth-order valence-electron chi connectivity index (χ4n) is 6.46. The number of rotatable bonds is 4. The van der Waals surface area contributed by atoms with Gasteiger partial charge in [-0.25, -0.2) is 0 Å². The van der Waals surface area contributed by atoms with Gasteiger partial charge in [-0.3, -0.25) is 9.59 Å². The number of amides is 1. The lowest BCUT2D eigenvalue weighted by atomic mass is 9.47. The molecular weight excluding hydrogens is 358 g/mol. The van der Waals surface area contributed by atoms with Crippen LogP contribution in [-0.4, -0.2) is 17.4 Å². The van der Waals surface area contributed by atoms with Crippen LogP contribution < -0.4 is 5.32 Å². The van der Waals surface area contributed by atoms with Gasteiger partial charge in [-0.05, 0) is 67.2 Å². The minimum absolute atomic E-state index is 0.0187. The average Bonchev–Trinajstić information content (AvgIpc) is 3.00. The van der Waals surface area contributed by atoms with Crippen LogP contribution in [0.25, 0.3) is 10.1 Å². The molecular formula is C22H25NO3S. The van der Waals surface area contributed by atoms with E-state index >= 15 is 0 Å². The van der Waals surface area contributed by atoms with Gasteiger partial charge >= 0.3 is 5.97 Å². The van der Waals surface area contributed by atoms with Crippen molar-refractivity contribution in [1.82, 2.24) is 5.32 Å². The normalized spacial score (nSPS) is 34.0. The SMILES string of the molecule is CC(=O)NC12CC3CC(C1)CC(C(=O)OCc1csc4ccccc14)(C3)C2. The second-order valence-electron chi connectivity index (χ2n) is 9.04. The van der Waals surface area contributed by atoms with Crippen LogP contribution in [0.1, 0.15) is 51.0 Å². The Morgan fingerprint density at radius 1 is 1.19 bits per heavy atom. The topological polar surface area (TPSA) is 55.4 Å². The first kappa shape index (κ1) is 17.2. The minimum atomic E-state index is -0.404. The van der Waals surface area contributed by atoms with Crippen LogP contribution in [0.2, 0.25) is 0 Å². The van der Waals surface area contributed by atoms with Gasteiger partial charge in [0.25, 0.3) is 0 Å². The summed E-state index contributed by atoms with van der Waals surface area (Å²) in [6, 6.07) is 8.25. The fourth-order valence-corrected chi connectivity index (χ4v) is 7.41. The Bertz CT molecular complexity index is 903. The van der Waals surface area contributed by atoms with E-state index in [-0.39, 0.29) is 17.4 Å². The molecule has 2 aromatic rings. The van der Waals surface area contributed by atoms with E-state index in [9.17, 15) is 9.59 Å². The third-order valence-electron chi connectivity index (χ3n) is 6.86. The van der Waals surface area contributed by atoms with E-state index in [0.717, 1.165) is 37.7 Å². The van der Waals surface area contributed by atoms with Crippen molar-refractivity contribution in [3.8, 4) is 0 Å². The molecule has 1 aromatic heterocycles. The molecule has 4 fully saturated rings. The van der Waals surface area contributed by atoms with Gasteiger partial charge in [0.15, 0.2) is 0 Å². The monoisotopic (exact) mass is 383 g/mol. The van der Waals surface area contributed by atoms with E-state index in [1.807, 2.05) is 12.1 Å². The van der Waals surface area contributed by atoms with Crippen molar-refractivity contribution in [1.29, 1.82) is 0 Å². The summed E-state index contributed by atoms with van der Waals surface area (Å²) >= 11 is 1.69. The molecule has 1 aromatic carbocycles. The predicted octanol–water partition coefficient (Wildman–Crippen LogP) is 4.42. The lowest BCUT2D eigenvalue weighted by Gasteiger charge is -2.60. The molecule has 4 bridgehead atoms. The van der Waals surface area contributed by atoms with Gasteiger partial charge < -0.3 is 10.1 Å². The van der Waals surface area contributed by atoms with Crippen LogP contribution in [0.4, 0.5) is 0 Å². The highest BCUT2D eigenvalue weighted by molar-refractivity contribution is 7.17. The third kappa shape index (κ3) is 2.87. The summed E-state index contributed by atoms with van der Waals surface area (Å²) in [5, 5.41) is 6.49. The van der Waals surface area contributed by atoms with Crippen molar-refractivity contribution in [2.75, 3.05) is 0 Å². The molecule has 0 spiro atoms. The molecule has 6 rings (SSSR count). The molecule has 4 aliphatic rings. The Hall–Kier alpha value is -1.88. The quantitative estimate of drug-likeness (QED) is 0.795. The molecule has 4 nitrogen and oxygen atoms in total. The molecule has 4 aliphatic carbocycles. The Kier molecular flexibility index (Phi) is 3.87. The maximum absolute atomic E-state index is 13.2. The Balaban J connectivity index is 1.36. The number of carbonyl (C=O) groups excluding carboxylic acids is 2. The summed E-state index contributed by atoms with van der Waals surface area (Å²) in [6.07, 6.45) is 5.84. The summed E-state index contributed by atoms with van der Waals surface area (Å²) in [4.78, 5) is 25.0. The highest BCUT2D eigenvalue weighted by Crippen LogP contribution is 2.62. The first-order valence-electron chi connectivity index (χ1n) is 9.88. The molecule has 1 heterocycles. The number of fused-ring (bicyclic) bond motifs is 1. The zero-order valence-corrected chi connectivity index (χ0v) is 16.4. The minimum Gasteiger partial charge on any atom is -0.460 e. The van der Waals surface area contributed by atoms with E-state index in [1.54, 1.807) is 18.3 Å². The van der Waals surface area contributed by atoms with Crippen molar-refractivity contribution in [3.63, 3.8) is 0 Å². The van der Waals surface area contributed by atoms with Crippen LogP contribution >= 0.6 is 11.3 Å². The Morgan fingerprint density at radius 2 is 1.93 bits per heavy atom. The van der Waals surface area contributed by atoms with Gasteiger partial charge in [0, 0.05) is 22.7 Å². The first-order valence-corrected chi connectivity index (χ1v) is 10.8. The van der Waals surface area contributed by atoms with Crippen molar-refractivity contribution in [3.05, 3.63) is 35.2 Å². The Labute approximate surface area is 163 Å². The van der Waals surface area contributed by atoms with E-state index in [2.05, 4.69) is 22.8 Å². The number of benzene rings is 1. The summed E-state index contributed by atoms with van der Waals surface area (Å²) in [5.41, 5.74) is 0.493. The van der Waals surface area contributed by atoms with Crippen molar-refractivity contribution in [2.24, 2.45) is 17.3 Å². The number of ether oxygens (including phenoxy) is 1. The maximum Gasteiger partial charge on any atom is 0.312 e. The van der Waals surface area contributed by atoms with Crippen molar-refractivity contribution < 1.29 is 14.3 Å². The number of carbonyl (C=O) groups is 2. The van der Waals surface area contributed by atoms with Gasteiger partial charge in [0.2, 0.25) is 5.91 Å². The number of esters is 1. The van der Waals surface area contributed by atoms with Gasteiger partial charge in [0.1, 0.15) is 6.61 Å². The molecule has 2 unspecified atom stereocenters. The zero-order chi connectivity index (χ0) is 18.6. The van der Waals surface area contributed by atoms with Crippen LogP contribution in [0.3, 0.4) is 0 Å². The largest absolute Gasteiger partial charge is 0.460 e. The number of thiophene rings is 1. The molecule has 1 N–H and O–H groups in total. The summed E-state index contributed by atoms with van der Waals surface area (Å²) < 4.78 is 7.11. The molecule has 27 heavy (non-hydrogen) atoms. The highest BCUT2D eigenvalue weighted by Gasteiger charge is 2.61. The number of nitrogens with one attached hydrogen (secondary N) is 1. The van der Waals surface area contributed by atoms with Crippen LogP contribution in [0, 0.1) is 17.3 Å². The lowest BCUT2D eigenvalue weighted by Crippen LogP contribution is -2.64. The lowest BCUT2D eigenvalue weighted by molar-refractivity contribution is -0.177. The average molecular weight is 384 g/mol. The number of hydrogen-bond donors (Lipinski definition) is 1. The van der Waals surface area contributed by atoms with Crippen LogP contribution in [0.5, 0.6) is 0 Å². The van der Waals surface area contributed by atoms with Gasteiger partial charge in [-0.15, -0.1) is 11.3 Å². The Morgan fingerprint density at radius 3 is 2.67 bits per heavy atom. The fraction of sp³-hybridized carbons (Fsp3) is 0.545. The summed E-state index contributed by atoms with van der Waals surface area (Å²) in [7, 11) is 0. The predicted molar refractivity (Wildman–Crippen MR) is 105 cm³/mol. The van der Waals surface area contributed by atoms with E-state index < -0.39 is 5.41 Å². The number of hydrogen-bond acceptors (Lipinski definition) is 4. The maximum atomic E-state index is 13.2. The molecule has 2 atom stereocenters. The van der Waals surface area contributed by atoms with Crippen molar-refractivity contribution >= 4 is 33.3 Å². The second kappa shape index (κ2) is 6.06. The van der Waals surface area contributed by atoms with E-state index in [1.165, 1.54) is 16.5 Å². The van der Waals surface area contributed by atoms with Crippen LogP contribution in [0.15, 0.2) is 29.6 Å². The summed E-state index contributed by atoms with van der Waals surface area (Å²) in [5.74, 6) is 1.03. The van der Waals surface area contributed by atoms with Crippen LogP contribution in [-0.2, 0) is 20.9 Å². The molecule has 0 saturated heterocycles. The first-order chi connectivity index (χ1) is 13.0. The molecule has 0 aliphatic heterocycles. The van der Waals surface area contributed by atoms with E-state index in [4.69, 9.17) is 4.74 Å². The second-order valence-corrected chi connectivity index (χ2v) is 9.95. The molecule has 4 saturated carbocycles. The van der Waals surface area contributed by atoms with Crippen molar-refractivity contribution in [2.45, 2.75) is 57.6 Å². The smallest absolute Gasteiger partial charge is 0.312 e. The standard InChI is InChI=1S/C22H25NO3S/c1-14(24)23-22-9-15-6-16(10-22)8-21(7-15,13-22)20(25)26-11-17-12-27-19-5-3-2-4-18(17)19/h2-5,12,15-16H,6-11,13H2,1H3,(H,23,24). The molecule has 1 amide bonds. The molecule has 142 valence electrons. The molecule has 0 radical (unpaired) electrons. The molecule has 5 heteroatoms. The van der Waals surface area contributed by atoms with Gasteiger partial charge in [-0.1, -0.05) is 18.2 Å². The third-order valence-corrected chi connectivity index (χ3v) is 7.87. The highest BCUT2D eigenvalue weighted by atomic mass is 32.1. The van der Waals surface area contributed by atoms with Gasteiger partial charge in [0.05, 0.1) is 5.41 Å². The zero-order valence-electron chi connectivity index (χ0n) is 15.6. The van der Waals surface area contributed by atoms with Gasteiger partial charge in [-0.2, -0.15) is 0 Å².